The molecule has 1 aliphatic heterocycles. The second kappa shape index (κ2) is 8.96. The first-order chi connectivity index (χ1) is 15.3. The number of carbonyl (C=O) groups is 1. The van der Waals surface area contributed by atoms with Crippen LogP contribution in [0.2, 0.25) is 0 Å². The summed E-state index contributed by atoms with van der Waals surface area (Å²) in [6.45, 7) is -2.41. The van der Waals surface area contributed by atoms with E-state index in [1.54, 1.807) is 24.3 Å². The summed E-state index contributed by atoms with van der Waals surface area (Å²) in [6, 6.07) is 19.1. The van der Waals surface area contributed by atoms with Gasteiger partial charge in [-0.3, -0.25) is 9.10 Å². The molecular formula is C23H20F2N2O4S. The minimum Gasteiger partial charge on any atom is -0.435 e. The average molecular weight is 458 g/mol. The number of anilines is 1. The number of hydrogen-bond donors (Lipinski definition) is 1. The summed E-state index contributed by atoms with van der Waals surface area (Å²) in [5, 5.41) is 2.70. The molecule has 0 radical (unpaired) electrons. The number of ether oxygens (including phenoxy) is 1. The predicted octanol–water partition coefficient (Wildman–Crippen LogP) is 3.97. The molecule has 9 heteroatoms. The third kappa shape index (κ3) is 4.57. The van der Waals surface area contributed by atoms with Crippen molar-refractivity contribution in [3.63, 3.8) is 0 Å². The van der Waals surface area contributed by atoms with Gasteiger partial charge in [0, 0.05) is 18.7 Å². The van der Waals surface area contributed by atoms with Crippen LogP contribution in [0.3, 0.4) is 0 Å². The van der Waals surface area contributed by atoms with Crippen LogP contribution >= 0.6 is 0 Å². The first kappa shape index (κ1) is 21.8. The van der Waals surface area contributed by atoms with Crippen LogP contribution in [0.5, 0.6) is 5.75 Å². The van der Waals surface area contributed by atoms with E-state index in [1.165, 1.54) is 40.7 Å². The van der Waals surface area contributed by atoms with Crippen molar-refractivity contribution in [1.29, 1.82) is 0 Å². The molecule has 0 spiro atoms. The monoisotopic (exact) mass is 458 g/mol. The van der Waals surface area contributed by atoms with Crippen LogP contribution < -0.4 is 14.4 Å². The fourth-order valence-corrected chi connectivity index (χ4v) is 5.11. The minimum absolute atomic E-state index is 0.0245. The number of carbonyl (C=O) groups excluding carboxylic acids is 1. The highest BCUT2D eigenvalue weighted by Crippen LogP contribution is 2.32. The summed E-state index contributed by atoms with van der Waals surface area (Å²) >= 11 is 0. The zero-order valence-electron chi connectivity index (χ0n) is 16.9. The summed E-state index contributed by atoms with van der Waals surface area (Å²) in [6.07, 6.45) is 0.636. The van der Waals surface area contributed by atoms with Crippen LogP contribution in [0.1, 0.15) is 21.5 Å². The maximum Gasteiger partial charge on any atom is 0.387 e. The van der Waals surface area contributed by atoms with Gasteiger partial charge in [-0.25, -0.2) is 8.42 Å². The zero-order chi connectivity index (χ0) is 22.7. The number of benzene rings is 3. The molecule has 166 valence electrons. The van der Waals surface area contributed by atoms with Crippen LogP contribution in [0.4, 0.5) is 14.5 Å². The molecule has 6 nitrogen and oxygen atoms in total. The summed E-state index contributed by atoms with van der Waals surface area (Å²) in [5.74, 6) is -0.423. The van der Waals surface area contributed by atoms with Gasteiger partial charge < -0.3 is 10.1 Å². The molecule has 1 N–H and O–H groups in total. The molecule has 0 atom stereocenters. The number of rotatable bonds is 7. The summed E-state index contributed by atoms with van der Waals surface area (Å²) < 4.78 is 56.5. The molecule has 4 rings (SSSR count). The molecule has 0 aliphatic carbocycles. The van der Waals surface area contributed by atoms with Crippen molar-refractivity contribution in [3.05, 3.63) is 89.5 Å². The number of alkyl halides is 2. The average Bonchev–Trinajstić information content (AvgIpc) is 3.23. The van der Waals surface area contributed by atoms with E-state index in [-0.39, 0.29) is 22.8 Å². The standard InChI is InChI=1S/C23H20F2N2O4S/c24-23(25)31-19-10-8-16(9-11-19)15-26-22(28)18-5-3-6-20(14-18)32(29,30)27-13-12-17-4-1-2-7-21(17)27/h1-11,14,23H,12-13,15H2,(H,26,28). The summed E-state index contributed by atoms with van der Waals surface area (Å²) in [7, 11) is -3.81. The number of hydrogen-bond acceptors (Lipinski definition) is 4. The number of amides is 1. The van der Waals surface area contributed by atoms with Crippen LogP contribution in [-0.4, -0.2) is 27.5 Å². The fourth-order valence-electron chi connectivity index (χ4n) is 3.56. The lowest BCUT2D eigenvalue weighted by Crippen LogP contribution is -2.29. The third-order valence-electron chi connectivity index (χ3n) is 5.13. The maximum atomic E-state index is 13.2. The number of para-hydroxylation sites is 1. The summed E-state index contributed by atoms with van der Waals surface area (Å²) in [5.41, 5.74) is 2.50. The zero-order valence-corrected chi connectivity index (χ0v) is 17.7. The van der Waals surface area contributed by atoms with E-state index >= 15 is 0 Å². The van der Waals surface area contributed by atoms with Crippen molar-refractivity contribution in [2.24, 2.45) is 0 Å². The lowest BCUT2D eigenvalue weighted by Gasteiger charge is -2.20. The smallest absolute Gasteiger partial charge is 0.387 e. The van der Waals surface area contributed by atoms with Gasteiger partial charge in [0.25, 0.3) is 15.9 Å². The Morgan fingerprint density at radius 2 is 1.78 bits per heavy atom. The molecule has 1 amide bonds. The van der Waals surface area contributed by atoms with Crippen molar-refractivity contribution >= 4 is 21.6 Å². The molecule has 32 heavy (non-hydrogen) atoms. The van der Waals surface area contributed by atoms with Gasteiger partial charge in [0.1, 0.15) is 5.75 Å². The minimum atomic E-state index is -3.81. The van der Waals surface area contributed by atoms with E-state index in [2.05, 4.69) is 10.1 Å². The first-order valence-corrected chi connectivity index (χ1v) is 11.3. The lowest BCUT2D eigenvalue weighted by molar-refractivity contribution is -0.0498. The predicted molar refractivity (Wildman–Crippen MR) is 115 cm³/mol. The summed E-state index contributed by atoms with van der Waals surface area (Å²) in [4.78, 5) is 12.6. The number of nitrogens with zero attached hydrogens (tertiary/aromatic N) is 1. The van der Waals surface area contributed by atoms with Gasteiger partial charge in [0.05, 0.1) is 10.6 Å². The topological polar surface area (TPSA) is 75.7 Å². The molecule has 0 fully saturated rings. The van der Waals surface area contributed by atoms with Gasteiger partial charge in [-0.15, -0.1) is 0 Å². The molecule has 0 bridgehead atoms. The Hall–Kier alpha value is -3.46. The van der Waals surface area contributed by atoms with E-state index in [4.69, 9.17) is 0 Å². The highest BCUT2D eigenvalue weighted by atomic mass is 32.2. The second-order valence-corrected chi connectivity index (χ2v) is 9.05. The van der Waals surface area contributed by atoms with E-state index in [0.29, 0.717) is 24.2 Å². The molecule has 0 saturated heterocycles. The Morgan fingerprint density at radius 3 is 2.53 bits per heavy atom. The van der Waals surface area contributed by atoms with Crippen LogP contribution in [-0.2, 0) is 23.0 Å². The Balaban J connectivity index is 1.46. The Morgan fingerprint density at radius 1 is 1.03 bits per heavy atom. The largest absolute Gasteiger partial charge is 0.435 e. The number of sulfonamides is 1. The molecular weight excluding hydrogens is 438 g/mol. The Bertz CT molecular complexity index is 1230. The van der Waals surface area contributed by atoms with Crippen molar-refractivity contribution in [1.82, 2.24) is 5.32 Å². The molecule has 3 aromatic rings. The Kier molecular flexibility index (Phi) is 6.09. The number of nitrogens with one attached hydrogen (secondary N) is 1. The van der Waals surface area contributed by atoms with Gasteiger partial charge in [0.2, 0.25) is 0 Å². The molecule has 0 aromatic heterocycles. The molecule has 1 aliphatic rings. The molecule has 0 saturated carbocycles. The van der Waals surface area contributed by atoms with E-state index in [9.17, 15) is 22.0 Å². The third-order valence-corrected chi connectivity index (χ3v) is 6.94. The van der Waals surface area contributed by atoms with Crippen molar-refractivity contribution in [2.75, 3.05) is 10.8 Å². The lowest BCUT2D eigenvalue weighted by atomic mass is 10.2. The van der Waals surface area contributed by atoms with Gasteiger partial charge >= 0.3 is 6.61 Å². The normalized spacial score (nSPS) is 13.2. The Labute approximate surface area is 184 Å². The number of halogens is 2. The van der Waals surface area contributed by atoms with Crippen molar-refractivity contribution in [2.45, 2.75) is 24.5 Å². The highest BCUT2D eigenvalue weighted by Gasteiger charge is 2.30. The van der Waals surface area contributed by atoms with Gasteiger partial charge in [-0.1, -0.05) is 36.4 Å². The first-order valence-electron chi connectivity index (χ1n) is 9.87. The van der Waals surface area contributed by atoms with Crippen LogP contribution in [0.15, 0.2) is 77.7 Å². The van der Waals surface area contributed by atoms with Gasteiger partial charge in [0.15, 0.2) is 0 Å². The second-order valence-electron chi connectivity index (χ2n) is 7.19. The molecule has 3 aromatic carbocycles. The quantitative estimate of drug-likeness (QED) is 0.581. The van der Waals surface area contributed by atoms with Crippen LogP contribution in [0, 0.1) is 0 Å². The molecule has 0 unspecified atom stereocenters. The number of fused-ring (bicyclic) bond motifs is 1. The van der Waals surface area contributed by atoms with Gasteiger partial charge in [-0.05, 0) is 53.9 Å². The van der Waals surface area contributed by atoms with E-state index in [1.807, 2.05) is 12.1 Å². The van der Waals surface area contributed by atoms with Crippen LogP contribution in [0.25, 0.3) is 0 Å². The SMILES string of the molecule is O=C(NCc1ccc(OC(F)F)cc1)c1cccc(S(=O)(=O)N2CCc3ccccc32)c1. The fraction of sp³-hybridized carbons (Fsp3) is 0.174. The maximum absolute atomic E-state index is 13.2. The van der Waals surface area contributed by atoms with E-state index in [0.717, 1.165) is 5.56 Å². The van der Waals surface area contributed by atoms with E-state index < -0.39 is 22.5 Å². The van der Waals surface area contributed by atoms with Gasteiger partial charge in [-0.2, -0.15) is 8.78 Å². The van der Waals surface area contributed by atoms with Crippen molar-refractivity contribution < 1.29 is 26.7 Å². The highest BCUT2D eigenvalue weighted by molar-refractivity contribution is 7.92. The molecule has 1 heterocycles. The van der Waals surface area contributed by atoms with Crippen molar-refractivity contribution in [3.8, 4) is 5.75 Å².